The molecule has 5 nitrogen and oxygen atoms in total. The normalized spacial score (nSPS) is 17.8. The number of carbonyl (C=O) groups is 3. The van der Waals surface area contributed by atoms with E-state index < -0.39 is 16.5 Å². The summed E-state index contributed by atoms with van der Waals surface area (Å²) in [7, 11) is 0. The average Bonchev–Trinajstić information content (AvgIpc) is 2.67. The Morgan fingerprint density at radius 2 is 1.67 bits per heavy atom. The molecule has 1 aromatic rings. The summed E-state index contributed by atoms with van der Waals surface area (Å²) in [5.41, 5.74) is 0.932. The molecular formula is C13H12NO4+. The first-order valence-electron chi connectivity index (χ1n) is 5.44. The van der Waals surface area contributed by atoms with Crippen molar-refractivity contribution in [2.24, 2.45) is 0 Å². The number of nitrogens with zero attached hydrogens (tertiary/aromatic N) is 1. The Kier molecular flexibility index (Phi) is 2.94. The molecule has 1 heterocycles. The second-order valence-corrected chi connectivity index (χ2v) is 4.11. The Hall–Kier alpha value is -2.11. The zero-order valence-corrected chi connectivity index (χ0v) is 9.63. The maximum absolute atomic E-state index is 11.6. The van der Waals surface area contributed by atoms with Crippen molar-refractivity contribution in [2.75, 3.05) is 0 Å². The zero-order chi connectivity index (χ0) is 13.3. The fourth-order valence-corrected chi connectivity index (χ4v) is 1.92. The van der Waals surface area contributed by atoms with E-state index in [9.17, 15) is 19.6 Å². The van der Waals surface area contributed by atoms with E-state index in [0.29, 0.717) is 17.4 Å². The van der Waals surface area contributed by atoms with Crippen LogP contribution >= 0.6 is 0 Å². The van der Waals surface area contributed by atoms with Gasteiger partial charge in [-0.1, -0.05) is 12.1 Å². The molecule has 0 aliphatic carbocycles. The second-order valence-electron chi connectivity index (χ2n) is 4.11. The molecular weight excluding hydrogens is 234 g/mol. The lowest BCUT2D eigenvalue weighted by molar-refractivity contribution is -0.910. The number of carbonyl (C=O) groups excluding carboxylic acids is 3. The van der Waals surface area contributed by atoms with Crippen molar-refractivity contribution in [3.63, 3.8) is 0 Å². The average molecular weight is 246 g/mol. The highest BCUT2D eigenvalue weighted by Crippen LogP contribution is 2.31. The van der Waals surface area contributed by atoms with Crippen molar-refractivity contribution < 1.29 is 24.2 Å². The minimum Gasteiger partial charge on any atom is -0.298 e. The van der Waals surface area contributed by atoms with Crippen molar-refractivity contribution in [1.82, 2.24) is 0 Å². The molecule has 1 aromatic carbocycles. The van der Waals surface area contributed by atoms with Gasteiger partial charge in [0.15, 0.2) is 5.70 Å². The van der Waals surface area contributed by atoms with Gasteiger partial charge in [-0.25, -0.2) is 9.59 Å². The highest BCUT2D eigenvalue weighted by molar-refractivity contribution is 5.96. The number of hydroxylamine groups is 3. The van der Waals surface area contributed by atoms with E-state index in [4.69, 9.17) is 0 Å². The summed E-state index contributed by atoms with van der Waals surface area (Å²) in [4.78, 5) is 33.8. The Labute approximate surface area is 103 Å². The molecule has 0 bridgehead atoms. The lowest BCUT2D eigenvalue weighted by Crippen LogP contribution is -2.47. The van der Waals surface area contributed by atoms with Crippen LogP contribution < -0.4 is 0 Å². The van der Waals surface area contributed by atoms with Gasteiger partial charge in [0.25, 0.3) is 0 Å². The molecule has 5 heteroatoms. The number of likely N-dealkylation sites (tertiary alicyclic amines) is 1. The van der Waals surface area contributed by atoms with Crippen molar-refractivity contribution >= 4 is 23.8 Å². The number of benzene rings is 1. The van der Waals surface area contributed by atoms with Crippen LogP contribution in [0.25, 0.3) is 5.70 Å². The second kappa shape index (κ2) is 4.29. The Morgan fingerprint density at radius 3 is 2.11 bits per heavy atom. The van der Waals surface area contributed by atoms with Crippen LogP contribution in [0.2, 0.25) is 0 Å². The van der Waals surface area contributed by atoms with Crippen LogP contribution in [0.1, 0.15) is 28.8 Å². The van der Waals surface area contributed by atoms with Gasteiger partial charge in [-0.05, 0) is 23.4 Å². The first-order valence-corrected chi connectivity index (χ1v) is 5.44. The van der Waals surface area contributed by atoms with Gasteiger partial charge in [0.05, 0.1) is 12.8 Å². The van der Waals surface area contributed by atoms with Crippen LogP contribution in [-0.4, -0.2) is 28.0 Å². The van der Waals surface area contributed by atoms with Crippen molar-refractivity contribution in [3.05, 3.63) is 42.0 Å². The number of aldehydes is 1. The summed E-state index contributed by atoms with van der Waals surface area (Å²) in [6.45, 7) is 3.63. The van der Waals surface area contributed by atoms with E-state index in [1.165, 1.54) is 12.1 Å². The SMILES string of the molecule is C=C(c1ccc(C=O)cc1)[N+]1(O)C(=O)CCC1=O. The highest BCUT2D eigenvalue weighted by Gasteiger charge is 2.53. The molecule has 1 saturated heterocycles. The van der Waals surface area contributed by atoms with E-state index in [1.807, 2.05) is 0 Å². The first-order chi connectivity index (χ1) is 8.50. The zero-order valence-electron chi connectivity index (χ0n) is 9.63. The quantitative estimate of drug-likeness (QED) is 0.380. The predicted octanol–water partition coefficient (Wildman–Crippen LogP) is 1.52. The smallest absolute Gasteiger partial charge is 0.298 e. The lowest BCUT2D eigenvalue weighted by atomic mass is 10.1. The molecule has 2 amide bonds. The predicted molar refractivity (Wildman–Crippen MR) is 62.2 cm³/mol. The third-order valence-electron chi connectivity index (χ3n) is 3.05. The van der Waals surface area contributed by atoms with Gasteiger partial charge < -0.3 is 0 Å². The van der Waals surface area contributed by atoms with Crippen LogP contribution in [-0.2, 0) is 9.59 Å². The van der Waals surface area contributed by atoms with E-state index in [-0.39, 0.29) is 18.5 Å². The van der Waals surface area contributed by atoms with Crippen LogP contribution in [0.5, 0.6) is 0 Å². The molecule has 92 valence electrons. The number of imide groups is 1. The highest BCUT2D eigenvalue weighted by atomic mass is 16.6. The number of amides is 2. The van der Waals surface area contributed by atoms with Crippen molar-refractivity contribution in [1.29, 1.82) is 0 Å². The standard InChI is InChI=1S/C13H12NO4/c1-9(11-4-2-10(8-15)3-5-11)14(18)12(16)6-7-13(14)17/h2-5,8,18H,1,6-7H2/q+1. The van der Waals surface area contributed by atoms with Gasteiger partial charge in [-0.3, -0.25) is 4.79 Å². The lowest BCUT2D eigenvalue weighted by Gasteiger charge is -2.20. The fraction of sp³-hybridized carbons (Fsp3) is 0.154. The molecule has 2 rings (SSSR count). The molecule has 0 aromatic heterocycles. The maximum Gasteiger partial charge on any atom is 0.359 e. The molecule has 0 unspecified atom stereocenters. The maximum atomic E-state index is 11.6. The van der Waals surface area contributed by atoms with Crippen LogP contribution in [0.15, 0.2) is 30.8 Å². The number of rotatable bonds is 3. The van der Waals surface area contributed by atoms with Crippen molar-refractivity contribution in [3.8, 4) is 0 Å². The van der Waals surface area contributed by atoms with Gasteiger partial charge in [0, 0.05) is 11.1 Å². The number of hydrogen-bond acceptors (Lipinski definition) is 4. The molecule has 18 heavy (non-hydrogen) atoms. The van der Waals surface area contributed by atoms with Gasteiger partial charge in [0.2, 0.25) is 0 Å². The Bertz CT molecular complexity index is 529. The summed E-state index contributed by atoms with van der Waals surface area (Å²) in [6, 6.07) is 6.15. The van der Waals surface area contributed by atoms with E-state index >= 15 is 0 Å². The minimum atomic E-state index is -1.36. The van der Waals surface area contributed by atoms with Crippen LogP contribution in [0.4, 0.5) is 0 Å². The number of quaternary nitrogens is 1. The molecule has 0 spiro atoms. The summed E-state index contributed by atoms with van der Waals surface area (Å²) in [5.74, 6) is -1.16. The first kappa shape index (κ1) is 12.3. The van der Waals surface area contributed by atoms with Crippen molar-refractivity contribution in [2.45, 2.75) is 12.8 Å². The largest absolute Gasteiger partial charge is 0.359 e. The molecule has 0 radical (unpaired) electrons. The summed E-state index contributed by atoms with van der Waals surface area (Å²) in [5, 5.41) is 10.1. The Morgan fingerprint density at radius 1 is 1.17 bits per heavy atom. The Balaban J connectivity index is 2.38. The molecule has 0 saturated carbocycles. The third kappa shape index (κ3) is 1.70. The van der Waals surface area contributed by atoms with Gasteiger partial charge in [-0.15, -0.1) is 0 Å². The van der Waals surface area contributed by atoms with Gasteiger partial charge in [0.1, 0.15) is 6.29 Å². The molecule has 1 aliphatic heterocycles. The van der Waals surface area contributed by atoms with E-state index in [2.05, 4.69) is 6.58 Å². The topological polar surface area (TPSA) is 71.4 Å². The van der Waals surface area contributed by atoms with Crippen LogP contribution in [0.3, 0.4) is 0 Å². The monoisotopic (exact) mass is 246 g/mol. The third-order valence-corrected chi connectivity index (χ3v) is 3.05. The van der Waals surface area contributed by atoms with Gasteiger partial charge >= 0.3 is 11.8 Å². The molecule has 1 N–H and O–H groups in total. The minimum absolute atomic E-state index is 0.0138. The summed E-state index contributed by atoms with van der Waals surface area (Å²) < 4.78 is -1.36. The molecule has 1 aliphatic rings. The van der Waals surface area contributed by atoms with Crippen LogP contribution in [0, 0.1) is 0 Å². The van der Waals surface area contributed by atoms with E-state index in [1.54, 1.807) is 12.1 Å². The van der Waals surface area contributed by atoms with Gasteiger partial charge in [-0.2, -0.15) is 5.21 Å². The molecule has 0 atom stereocenters. The summed E-state index contributed by atoms with van der Waals surface area (Å²) >= 11 is 0. The fourth-order valence-electron chi connectivity index (χ4n) is 1.92. The number of hydrogen-bond donors (Lipinski definition) is 1. The summed E-state index contributed by atoms with van der Waals surface area (Å²) in [6.07, 6.45) is 0.712. The van der Waals surface area contributed by atoms with E-state index in [0.717, 1.165) is 0 Å². The molecule has 1 fully saturated rings.